The van der Waals surface area contributed by atoms with Crippen LogP contribution in [-0.4, -0.2) is 31.3 Å². The number of rotatable bonds is 5. The second-order valence-electron chi connectivity index (χ2n) is 7.75. The predicted octanol–water partition coefficient (Wildman–Crippen LogP) is 3.91. The summed E-state index contributed by atoms with van der Waals surface area (Å²) in [6.45, 7) is 0. The molecule has 0 saturated heterocycles. The van der Waals surface area contributed by atoms with E-state index in [9.17, 15) is 13.2 Å². The predicted molar refractivity (Wildman–Crippen MR) is 111 cm³/mol. The minimum Gasteiger partial charge on any atom is -0.467 e. The number of nitrogens with zero attached hydrogens (tertiary/aromatic N) is 2. The van der Waals surface area contributed by atoms with Crippen LogP contribution in [0.1, 0.15) is 55.9 Å². The Kier molecular flexibility index (Phi) is 5.45. The average Bonchev–Trinajstić information content (AvgIpc) is 3.37. The molecule has 1 N–H and O–H groups in total. The molecular formula is C21H25N3O4S. The first kappa shape index (κ1) is 19.7. The van der Waals surface area contributed by atoms with Crippen LogP contribution in [0, 0.1) is 5.92 Å². The highest BCUT2D eigenvalue weighted by Gasteiger charge is 2.38. The molecule has 2 aliphatic rings. The summed E-state index contributed by atoms with van der Waals surface area (Å²) in [5.41, 5.74) is 2.15. The van der Waals surface area contributed by atoms with Crippen LogP contribution in [0.2, 0.25) is 0 Å². The van der Waals surface area contributed by atoms with Gasteiger partial charge < -0.3 is 4.42 Å². The van der Waals surface area contributed by atoms with E-state index in [4.69, 9.17) is 4.42 Å². The molecule has 1 amide bonds. The molecule has 1 aromatic carbocycles. The van der Waals surface area contributed by atoms with Crippen molar-refractivity contribution in [3.05, 3.63) is 54.0 Å². The number of furan rings is 1. The molecule has 1 aliphatic heterocycles. The lowest BCUT2D eigenvalue weighted by molar-refractivity contribution is -0.138. The molecule has 2 heterocycles. The number of hydrogen-bond acceptors (Lipinski definition) is 5. The number of sulfonamides is 1. The van der Waals surface area contributed by atoms with Gasteiger partial charge in [0.05, 0.1) is 18.2 Å². The lowest BCUT2D eigenvalue weighted by atomic mass is 9.88. The smallest absolute Gasteiger partial charge is 0.246 e. The molecule has 154 valence electrons. The number of benzene rings is 1. The lowest BCUT2D eigenvalue weighted by Gasteiger charge is -2.27. The van der Waals surface area contributed by atoms with Crippen molar-refractivity contribution in [3.8, 4) is 0 Å². The molecule has 1 aromatic heterocycles. The molecule has 8 heteroatoms. The Balaban J connectivity index is 1.59. The van der Waals surface area contributed by atoms with Crippen molar-refractivity contribution in [1.82, 2.24) is 5.01 Å². The van der Waals surface area contributed by atoms with Crippen molar-refractivity contribution in [2.45, 2.75) is 44.6 Å². The summed E-state index contributed by atoms with van der Waals surface area (Å²) in [4.78, 5) is 13.2. The van der Waals surface area contributed by atoms with Crippen molar-refractivity contribution in [2.24, 2.45) is 11.0 Å². The summed E-state index contributed by atoms with van der Waals surface area (Å²) >= 11 is 0. The number of nitrogens with one attached hydrogen (secondary N) is 1. The van der Waals surface area contributed by atoms with Crippen LogP contribution in [0.25, 0.3) is 0 Å². The second-order valence-corrected chi connectivity index (χ2v) is 9.50. The van der Waals surface area contributed by atoms with Crippen LogP contribution in [0.4, 0.5) is 5.69 Å². The Hall–Kier alpha value is -2.61. The van der Waals surface area contributed by atoms with Crippen LogP contribution in [-0.2, 0) is 14.8 Å². The molecule has 0 radical (unpaired) electrons. The fourth-order valence-electron chi connectivity index (χ4n) is 4.07. The highest BCUT2D eigenvalue weighted by Crippen LogP contribution is 2.36. The summed E-state index contributed by atoms with van der Waals surface area (Å²) < 4.78 is 30.8. The molecule has 1 fully saturated rings. The summed E-state index contributed by atoms with van der Waals surface area (Å²) in [6, 6.07) is 10.5. The zero-order valence-corrected chi connectivity index (χ0v) is 17.2. The zero-order valence-electron chi connectivity index (χ0n) is 16.4. The number of hydrogen-bond donors (Lipinski definition) is 1. The summed E-state index contributed by atoms with van der Waals surface area (Å²) in [6.07, 6.45) is 8.47. The van der Waals surface area contributed by atoms with Gasteiger partial charge in [0.2, 0.25) is 15.9 Å². The third kappa shape index (κ3) is 4.53. The maximum absolute atomic E-state index is 13.2. The Morgan fingerprint density at radius 3 is 2.48 bits per heavy atom. The van der Waals surface area contributed by atoms with Gasteiger partial charge in [0.1, 0.15) is 11.8 Å². The number of hydrazone groups is 1. The fraction of sp³-hybridized carbons (Fsp3) is 0.429. The molecule has 0 spiro atoms. The molecule has 2 aromatic rings. The van der Waals surface area contributed by atoms with Crippen LogP contribution < -0.4 is 4.72 Å². The highest BCUT2D eigenvalue weighted by molar-refractivity contribution is 7.92. The largest absolute Gasteiger partial charge is 0.467 e. The van der Waals surface area contributed by atoms with E-state index in [0.717, 1.165) is 49.0 Å². The summed E-state index contributed by atoms with van der Waals surface area (Å²) in [5, 5.41) is 6.28. The molecule has 7 nitrogen and oxygen atoms in total. The molecule has 4 rings (SSSR count). The molecule has 1 saturated carbocycles. The van der Waals surface area contributed by atoms with Gasteiger partial charge >= 0.3 is 0 Å². The lowest BCUT2D eigenvalue weighted by Crippen LogP contribution is -2.33. The normalized spacial score (nSPS) is 20.5. The van der Waals surface area contributed by atoms with Gasteiger partial charge in [0, 0.05) is 18.0 Å². The molecular weight excluding hydrogens is 390 g/mol. The van der Waals surface area contributed by atoms with Crippen molar-refractivity contribution < 1.29 is 17.6 Å². The molecule has 29 heavy (non-hydrogen) atoms. The number of anilines is 1. The first-order valence-electron chi connectivity index (χ1n) is 9.93. The maximum atomic E-state index is 13.2. The number of carbonyl (C=O) groups is 1. The van der Waals surface area contributed by atoms with Crippen LogP contribution in [0.5, 0.6) is 0 Å². The topological polar surface area (TPSA) is 92.0 Å². The van der Waals surface area contributed by atoms with Crippen molar-refractivity contribution in [1.29, 1.82) is 0 Å². The van der Waals surface area contributed by atoms with Crippen LogP contribution in [0.15, 0.2) is 52.2 Å². The standard InChI is InChI=1S/C21H25N3O4S/c1-29(26,27)23-17-11-9-15(10-12-17)18-14-19(20-8-5-13-28-20)24(22-18)21(25)16-6-3-2-4-7-16/h5,8-13,16,19,23H,2-4,6-7,14H2,1H3. The van der Waals surface area contributed by atoms with Gasteiger partial charge in [-0.3, -0.25) is 9.52 Å². The molecule has 1 unspecified atom stereocenters. The van der Waals surface area contributed by atoms with Crippen molar-refractivity contribution in [3.63, 3.8) is 0 Å². The Morgan fingerprint density at radius 2 is 1.86 bits per heavy atom. The van der Waals surface area contributed by atoms with E-state index in [1.807, 2.05) is 24.3 Å². The van der Waals surface area contributed by atoms with E-state index in [1.54, 1.807) is 23.4 Å². The van der Waals surface area contributed by atoms with Gasteiger partial charge in [-0.2, -0.15) is 5.10 Å². The van der Waals surface area contributed by atoms with E-state index in [-0.39, 0.29) is 17.9 Å². The average molecular weight is 416 g/mol. The fourth-order valence-corrected chi connectivity index (χ4v) is 4.64. The maximum Gasteiger partial charge on any atom is 0.246 e. The third-order valence-corrected chi connectivity index (χ3v) is 6.09. The van der Waals surface area contributed by atoms with Gasteiger partial charge in [0.15, 0.2) is 0 Å². The van der Waals surface area contributed by atoms with E-state index >= 15 is 0 Å². The van der Waals surface area contributed by atoms with E-state index in [2.05, 4.69) is 9.82 Å². The Morgan fingerprint density at radius 1 is 1.14 bits per heavy atom. The third-order valence-electron chi connectivity index (χ3n) is 5.48. The van der Waals surface area contributed by atoms with Crippen molar-refractivity contribution in [2.75, 3.05) is 11.0 Å². The highest BCUT2D eigenvalue weighted by atomic mass is 32.2. The van der Waals surface area contributed by atoms with Gasteiger partial charge in [-0.1, -0.05) is 31.4 Å². The van der Waals surface area contributed by atoms with Crippen LogP contribution >= 0.6 is 0 Å². The first-order valence-corrected chi connectivity index (χ1v) is 11.8. The monoisotopic (exact) mass is 415 g/mol. The van der Waals surface area contributed by atoms with Gasteiger partial charge in [-0.25, -0.2) is 13.4 Å². The van der Waals surface area contributed by atoms with Gasteiger partial charge in [-0.15, -0.1) is 0 Å². The molecule has 0 bridgehead atoms. The number of carbonyl (C=O) groups excluding carboxylic acids is 1. The quantitative estimate of drug-likeness (QED) is 0.801. The Labute approximate surface area is 170 Å². The Bertz CT molecular complexity index is 991. The molecule has 1 atom stereocenters. The minimum atomic E-state index is -3.33. The zero-order chi connectivity index (χ0) is 20.4. The SMILES string of the molecule is CS(=O)(=O)Nc1ccc(C2=NN(C(=O)C3CCCCC3)C(c3ccco3)C2)cc1. The van der Waals surface area contributed by atoms with Crippen LogP contribution in [0.3, 0.4) is 0 Å². The van der Waals surface area contributed by atoms with Gasteiger partial charge in [0.25, 0.3) is 0 Å². The van der Waals surface area contributed by atoms with E-state index < -0.39 is 10.0 Å². The minimum absolute atomic E-state index is 0.0191. The first-order chi connectivity index (χ1) is 13.9. The molecule has 1 aliphatic carbocycles. The summed E-state index contributed by atoms with van der Waals surface area (Å²) in [5.74, 6) is 0.811. The summed E-state index contributed by atoms with van der Waals surface area (Å²) in [7, 11) is -3.33. The van der Waals surface area contributed by atoms with E-state index in [1.165, 1.54) is 6.42 Å². The number of amides is 1. The van der Waals surface area contributed by atoms with Gasteiger partial charge in [-0.05, 0) is 42.7 Å². The second kappa shape index (κ2) is 8.02. The van der Waals surface area contributed by atoms with Crippen molar-refractivity contribution >= 4 is 27.3 Å². The van der Waals surface area contributed by atoms with E-state index in [0.29, 0.717) is 12.1 Å².